The maximum atomic E-state index is 12.2. The Kier molecular flexibility index (Phi) is 8.37. The van der Waals surface area contributed by atoms with Gasteiger partial charge in [0.1, 0.15) is 0 Å². The Morgan fingerprint density at radius 3 is 2.42 bits per heavy atom. The number of hydrogen-bond acceptors (Lipinski definition) is 5. The average molecular weight is 390 g/mol. The van der Waals surface area contributed by atoms with Gasteiger partial charge in [-0.2, -0.15) is 0 Å². The molecule has 2 rings (SSSR count). The number of benzene rings is 1. The van der Waals surface area contributed by atoms with Crippen LogP contribution in [-0.2, 0) is 16.6 Å². The lowest BCUT2D eigenvalue weighted by Crippen LogP contribution is -2.30. The van der Waals surface area contributed by atoms with E-state index in [-0.39, 0.29) is 29.8 Å². The van der Waals surface area contributed by atoms with E-state index in [1.165, 1.54) is 35.6 Å². The molecule has 1 heterocycles. The summed E-state index contributed by atoms with van der Waals surface area (Å²) < 4.78 is 27.0. The van der Waals surface area contributed by atoms with Crippen molar-refractivity contribution < 1.29 is 13.2 Å². The van der Waals surface area contributed by atoms with Crippen LogP contribution in [0.15, 0.2) is 46.7 Å². The number of hydrogen-bond donors (Lipinski definition) is 3. The van der Waals surface area contributed by atoms with Crippen molar-refractivity contribution >= 4 is 39.7 Å². The minimum absolute atomic E-state index is 0. The highest BCUT2D eigenvalue weighted by atomic mass is 35.5. The fourth-order valence-corrected chi connectivity index (χ4v) is 3.59. The molecule has 0 spiro atoms. The van der Waals surface area contributed by atoms with Gasteiger partial charge in [0.25, 0.3) is 5.91 Å². The summed E-state index contributed by atoms with van der Waals surface area (Å²) in [7, 11) is -1.78. The minimum Gasteiger partial charge on any atom is -0.351 e. The van der Waals surface area contributed by atoms with Gasteiger partial charge in [-0.25, -0.2) is 13.1 Å². The molecule has 0 aliphatic rings. The van der Waals surface area contributed by atoms with Gasteiger partial charge in [0, 0.05) is 30.1 Å². The van der Waals surface area contributed by atoms with Crippen LogP contribution in [0.3, 0.4) is 0 Å². The molecule has 2 aromatic rings. The maximum absolute atomic E-state index is 12.2. The Bertz CT molecular complexity index is 732. The van der Waals surface area contributed by atoms with Gasteiger partial charge >= 0.3 is 0 Å². The molecule has 0 saturated carbocycles. The second kappa shape index (κ2) is 9.75. The van der Waals surface area contributed by atoms with Crippen LogP contribution in [0.1, 0.15) is 15.2 Å². The molecule has 0 atom stereocenters. The van der Waals surface area contributed by atoms with E-state index < -0.39 is 10.0 Å². The van der Waals surface area contributed by atoms with E-state index >= 15 is 0 Å². The lowest BCUT2D eigenvalue weighted by atomic mass is 10.2. The first-order valence-electron chi connectivity index (χ1n) is 7.08. The van der Waals surface area contributed by atoms with Crippen molar-refractivity contribution in [3.63, 3.8) is 0 Å². The first kappa shape index (κ1) is 20.6. The predicted molar refractivity (Wildman–Crippen MR) is 98.3 cm³/mol. The Morgan fingerprint density at radius 1 is 1.12 bits per heavy atom. The Morgan fingerprint density at radius 2 is 1.83 bits per heavy atom. The van der Waals surface area contributed by atoms with E-state index in [9.17, 15) is 13.2 Å². The first-order valence-corrected chi connectivity index (χ1v) is 9.44. The fourth-order valence-electron chi connectivity index (χ4n) is 1.85. The second-order valence-electron chi connectivity index (χ2n) is 4.79. The van der Waals surface area contributed by atoms with E-state index in [1.54, 1.807) is 7.05 Å². The van der Waals surface area contributed by atoms with E-state index in [1.807, 2.05) is 17.5 Å². The summed E-state index contributed by atoms with van der Waals surface area (Å²) in [6.07, 6.45) is 0. The third kappa shape index (κ3) is 5.88. The summed E-state index contributed by atoms with van der Waals surface area (Å²) >= 11 is 1.49. The smallest absolute Gasteiger partial charge is 0.251 e. The number of nitrogens with one attached hydrogen (secondary N) is 3. The molecule has 1 aromatic heterocycles. The number of carbonyl (C=O) groups excluding carboxylic acids is 1. The maximum Gasteiger partial charge on any atom is 0.251 e. The molecule has 1 aromatic carbocycles. The number of carbonyl (C=O) groups is 1. The van der Waals surface area contributed by atoms with Gasteiger partial charge in [0.15, 0.2) is 0 Å². The fraction of sp³-hybridized carbons (Fsp3) is 0.267. The van der Waals surface area contributed by atoms with Gasteiger partial charge < -0.3 is 10.6 Å². The zero-order valence-corrected chi connectivity index (χ0v) is 15.6. The van der Waals surface area contributed by atoms with Gasteiger partial charge in [-0.15, -0.1) is 23.7 Å². The number of amides is 1. The van der Waals surface area contributed by atoms with Gasteiger partial charge in [0.05, 0.1) is 4.90 Å². The van der Waals surface area contributed by atoms with E-state index in [0.717, 1.165) is 4.88 Å². The van der Waals surface area contributed by atoms with Crippen LogP contribution in [0.5, 0.6) is 0 Å². The third-order valence-electron chi connectivity index (χ3n) is 3.10. The highest BCUT2D eigenvalue weighted by Crippen LogP contribution is 2.13. The first-order chi connectivity index (χ1) is 11.0. The highest BCUT2D eigenvalue weighted by Gasteiger charge is 2.14. The van der Waals surface area contributed by atoms with Crippen molar-refractivity contribution in [1.29, 1.82) is 0 Å². The summed E-state index contributed by atoms with van der Waals surface area (Å²) in [5, 5.41) is 7.56. The lowest BCUT2D eigenvalue weighted by molar-refractivity contribution is 0.0954. The average Bonchev–Trinajstić information content (AvgIpc) is 3.07. The van der Waals surface area contributed by atoms with Crippen LogP contribution >= 0.6 is 23.7 Å². The van der Waals surface area contributed by atoms with Crippen LogP contribution in [-0.4, -0.2) is 34.5 Å². The quantitative estimate of drug-likeness (QED) is 0.598. The highest BCUT2D eigenvalue weighted by molar-refractivity contribution is 7.89. The number of likely N-dealkylation sites (N-methyl/N-ethyl adjacent to an activating group) is 1. The Hall–Kier alpha value is -1.45. The van der Waals surface area contributed by atoms with Gasteiger partial charge in [-0.05, 0) is 42.8 Å². The number of sulfonamides is 1. The Labute approximate surface area is 152 Å². The molecular formula is C15H20ClN3O3S2. The molecule has 0 fully saturated rings. The molecular weight excluding hydrogens is 370 g/mol. The van der Waals surface area contributed by atoms with E-state index in [2.05, 4.69) is 15.4 Å². The van der Waals surface area contributed by atoms with Gasteiger partial charge in [-0.1, -0.05) is 6.07 Å². The number of thiophene rings is 1. The standard InChI is InChI=1S/C15H19N3O3S2.ClH/c1-16-8-9-17-15(19)12-4-6-14(7-5-12)23(20,21)18-11-13-3-2-10-22-13;/h2-7,10,16,18H,8-9,11H2,1H3,(H,17,19);1H. The summed E-state index contributed by atoms with van der Waals surface area (Å²) in [4.78, 5) is 12.9. The zero-order valence-electron chi connectivity index (χ0n) is 13.1. The molecule has 0 aliphatic heterocycles. The molecule has 0 radical (unpaired) electrons. The van der Waals surface area contributed by atoms with Crippen LogP contribution < -0.4 is 15.4 Å². The summed E-state index contributed by atoms with van der Waals surface area (Å²) in [6, 6.07) is 9.62. The summed E-state index contributed by atoms with van der Waals surface area (Å²) in [6.45, 7) is 1.44. The molecule has 0 unspecified atom stereocenters. The van der Waals surface area contributed by atoms with Crippen molar-refractivity contribution in [2.24, 2.45) is 0 Å². The Balaban J connectivity index is 0.00000288. The molecule has 6 nitrogen and oxygen atoms in total. The van der Waals surface area contributed by atoms with E-state index in [4.69, 9.17) is 0 Å². The normalized spacial score (nSPS) is 10.9. The third-order valence-corrected chi connectivity index (χ3v) is 5.40. The van der Waals surface area contributed by atoms with Crippen LogP contribution in [0.25, 0.3) is 0 Å². The second-order valence-corrected chi connectivity index (χ2v) is 7.59. The number of halogens is 1. The van der Waals surface area contributed by atoms with Gasteiger partial charge in [-0.3, -0.25) is 4.79 Å². The van der Waals surface area contributed by atoms with Crippen molar-refractivity contribution in [2.45, 2.75) is 11.4 Å². The zero-order chi connectivity index (χ0) is 16.7. The predicted octanol–water partition coefficient (Wildman–Crippen LogP) is 1.60. The van der Waals surface area contributed by atoms with Crippen LogP contribution in [0, 0.1) is 0 Å². The molecule has 0 aliphatic carbocycles. The molecule has 0 saturated heterocycles. The van der Waals surface area contributed by atoms with Crippen LogP contribution in [0.4, 0.5) is 0 Å². The molecule has 24 heavy (non-hydrogen) atoms. The van der Waals surface area contributed by atoms with Crippen molar-refractivity contribution in [2.75, 3.05) is 20.1 Å². The molecule has 3 N–H and O–H groups in total. The molecule has 0 bridgehead atoms. The van der Waals surface area contributed by atoms with Crippen molar-refractivity contribution in [3.05, 3.63) is 52.2 Å². The molecule has 1 amide bonds. The SMILES string of the molecule is CNCCNC(=O)c1ccc(S(=O)(=O)NCc2cccs2)cc1.Cl. The van der Waals surface area contributed by atoms with Crippen molar-refractivity contribution in [1.82, 2.24) is 15.4 Å². The monoisotopic (exact) mass is 389 g/mol. The summed E-state index contributed by atoms with van der Waals surface area (Å²) in [5.74, 6) is -0.226. The van der Waals surface area contributed by atoms with Crippen molar-refractivity contribution in [3.8, 4) is 0 Å². The van der Waals surface area contributed by atoms with Crippen LogP contribution in [0.2, 0.25) is 0 Å². The summed E-state index contributed by atoms with van der Waals surface area (Å²) in [5.41, 5.74) is 0.429. The largest absolute Gasteiger partial charge is 0.351 e. The van der Waals surface area contributed by atoms with E-state index in [0.29, 0.717) is 18.7 Å². The number of rotatable bonds is 8. The molecule has 9 heteroatoms. The topological polar surface area (TPSA) is 87.3 Å². The lowest BCUT2D eigenvalue weighted by Gasteiger charge is -2.08. The molecule has 132 valence electrons. The van der Waals surface area contributed by atoms with Gasteiger partial charge in [0.2, 0.25) is 10.0 Å². The minimum atomic E-state index is -3.58.